The van der Waals surface area contributed by atoms with Crippen LogP contribution >= 0.6 is 0 Å². The summed E-state index contributed by atoms with van der Waals surface area (Å²) in [6.07, 6.45) is 0. The zero-order chi connectivity index (χ0) is 14.1. The molecule has 7 heteroatoms. The summed E-state index contributed by atoms with van der Waals surface area (Å²) in [4.78, 5) is 47.2. The molecule has 1 aliphatic heterocycles. The van der Waals surface area contributed by atoms with Gasteiger partial charge in [0.15, 0.2) is 0 Å². The van der Waals surface area contributed by atoms with E-state index in [2.05, 4.69) is 10.6 Å². The maximum Gasteiger partial charge on any atom is 0.330 e. The Kier molecular flexibility index (Phi) is 3.73. The molecule has 5 amide bonds. The molecule has 18 heavy (non-hydrogen) atoms. The predicted molar refractivity (Wildman–Crippen MR) is 62.3 cm³/mol. The Hall–Kier alpha value is -1.92. The van der Waals surface area contributed by atoms with E-state index in [1.165, 1.54) is 14.0 Å². The van der Waals surface area contributed by atoms with Crippen molar-refractivity contribution in [2.24, 2.45) is 11.3 Å². The number of barbiturate groups is 1. The fraction of sp³-hybridized carbons (Fsp3) is 0.636. The van der Waals surface area contributed by atoms with E-state index in [0.717, 1.165) is 4.90 Å². The molecule has 1 aliphatic rings. The van der Waals surface area contributed by atoms with E-state index >= 15 is 0 Å². The van der Waals surface area contributed by atoms with Gasteiger partial charge in [-0.05, 0) is 20.8 Å². The highest BCUT2D eigenvalue weighted by molar-refractivity contribution is 6.16. The van der Waals surface area contributed by atoms with Crippen LogP contribution in [0, 0.1) is 11.3 Å². The van der Waals surface area contributed by atoms with Crippen molar-refractivity contribution in [3.63, 3.8) is 0 Å². The van der Waals surface area contributed by atoms with Gasteiger partial charge in [0, 0.05) is 13.6 Å². The molecule has 1 heterocycles. The van der Waals surface area contributed by atoms with E-state index in [4.69, 9.17) is 0 Å². The molecule has 0 spiro atoms. The summed E-state index contributed by atoms with van der Waals surface area (Å²) in [6, 6.07) is -0.778. The average Bonchev–Trinajstić information content (AvgIpc) is 2.31. The summed E-state index contributed by atoms with van der Waals surface area (Å²) in [6.45, 7) is 4.58. The van der Waals surface area contributed by atoms with Crippen molar-refractivity contribution < 1.29 is 19.2 Å². The lowest BCUT2D eigenvalue weighted by atomic mass is 9.90. The van der Waals surface area contributed by atoms with Crippen LogP contribution in [0.1, 0.15) is 20.8 Å². The van der Waals surface area contributed by atoms with Crippen LogP contribution in [0.2, 0.25) is 0 Å². The van der Waals surface area contributed by atoms with E-state index in [1.54, 1.807) is 13.8 Å². The standard InChI is InChI=1S/C11H17N3O4/c1-6-7(15)13-10(18)14(8(6)16)5-11(2,3)9(17)12-4/h6H,5H2,1-4H3,(H,12,17)(H,13,15,18). The molecule has 0 aromatic carbocycles. The molecule has 2 N–H and O–H groups in total. The summed E-state index contributed by atoms with van der Waals surface area (Å²) in [5.41, 5.74) is -0.915. The molecule has 1 atom stereocenters. The van der Waals surface area contributed by atoms with Gasteiger partial charge >= 0.3 is 6.03 Å². The monoisotopic (exact) mass is 255 g/mol. The second-order valence-corrected chi connectivity index (χ2v) is 4.90. The highest BCUT2D eigenvalue weighted by Crippen LogP contribution is 2.20. The largest absolute Gasteiger partial charge is 0.359 e. The van der Waals surface area contributed by atoms with Gasteiger partial charge in [-0.1, -0.05) is 0 Å². The van der Waals surface area contributed by atoms with Crippen molar-refractivity contribution in [2.45, 2.75) is 20.8 Å². The number of amides is 5. The zero-order valence-electron chi connectivity index (χ0n) is 10.9. The molecular formula is C11H17N3O4. The number of rotatable bonds is 3. The molecule has 1 rings (SSSR count). The number of imide groups is 2. The highest BCUT2D eigenvalue weighted by atomic mass is 16.2. The van der Waals surface area contributed by atoms with E-state index in [9.17, 15) is 19.2 Å². The average molecular weight is 255 g/mol. The summed E-state index contributed by atoms with van der Waals surface area (Å²) in [5.74, 6) is -2.39. The van der Waals surface area contributed by atoms with Gasteiger partial charge in [0.05, 0.1) is 5.41 Å². The highest BCUT2D eigenvalue weighted by Gasteiger charge is 2.41. The number of hydrogen-bond donors (Lipinski definition) is 2. The number of nitrogens with one attached hydrogen (secondary N) is 2. The van der Waals surface area contributed by atoms with Crippen molar-refractivity contribution in [2.75, 3.05) is 13.6 Å². The maximum absolute atomic E-state index is 11.8. The van der Waals surface area contributed by atoms with Crippen LogP contribution in [0.3, 0.4) is 0 Å². The number of carbonyl (C=O) groups is 4. The third-order valence-corrected chi connectivity index (χ3v) is 2.90. The van der Waals surface area contributed by atoms with E-state index in [0.29, 0.717) is 0 Å². The van der Waals surface area contributed by atoms with E-state index in [-0.39, 0.29) is 12.5 Å². The zero-order valence-corrected chi connectivity index (χ0v) is 10.9. The lowest BCUT2D eigenvalue weighted by molar-refractivity contribution is -0.143. The van der Waals surface area contributed by atoms with Crippen LogP contribution in [-0.4, -0.2) is 42.2 Å². The molecule has 1 unspecified atom stereocenters. The van der Waals surface area contributed by atoms with Crippen LogP contribution in [0.25, 0.3) is 0 Å². The van der Waals surface area contributed by atoms with Gasteiger partial charge < -0.3 is 5.32 Å². The Bertz CT molecular complexity index is 417. The van der Waals surface area contributed by atoms with Crippen molar-refractivity contribution in [1.82, 2.24) is 15.5 Å². The fourth-order valence-electron chi connectivity index (χ4n) is 1.68. The minimum Gasteiger partial charge on any atom is -0.359 e. The second-order valence-electron chi connectivity index (χ2n) is 4.90. The molecule has 1 saturated heterocycles. The molecular weight excluding hydrogens is 238 g/mol. The van der Waals surface area contributed by atoms with Crippen LogP contribution in [-0.2, 0) is 14.4 Å². The Morgan fingerprint density at radius 3 is 2.44 bits per heavy atom. The van der Waals surface area contributed by atoms with Crippen molar-refractivity contribution in [3.8, 4) is 0 Å². The van der Waals surface area contributed by atoms with Crippen LogP contribution < -0.4 is 10.6 Å². The van der Waals surface area contributed by atoms with E-state index < -0.39 is 29.2 Å². The number of nitrogens with zero attached hydrogens (tertiary/aromatic N) is 1. The Labute approximate surface area is 105 Å². The summed E-state index contributed by atoms with van der Waals surface area (Å²) < 4.78 is 0. The molecule has 0 bridgehead atoms. The molecule has 1 fully saturated rings. The maximum atomic E-state index is 11.8. The van der Waals surface area contributed by atoms with Gasteiger partial charge in [0.1, 0.15) is 5.92 Å². The van der Waals surface area contributed by atoms with E-state index in [1.807, 2.05) is 0 Å². The van der Waals surface area contributed by atoms with Crippen LogP contribution in [0.5, 0.6) is 0 Å². The molecule has 0 aromatic heterocycles. The minimum atomic E-state index is -0.915. The molecule has 0 aromatic rings. The summed E-state index contributed by atoms with van der Waals surface area (Å²) in [7, 11) is 1.48. The van der Waals surface area contributed by atoms with Gasteiger partial charge in [0.2, 0.25) is 17.7 Å². The number of urea groups is 1. The summed E-state index contributed by atoms with van der Waals surface area (Å²) >= 11 is 0. The molecule has 7 nitrogen and oxygen atoms in total. The van der Waals surface area contributed by atoms with Crippen LogP contribution in [0.15, 0.2) is 0 Å². The predicted octanol–water partition coefficient (Wildman–Crippen LogP) is -0.527. The van der Waals surface area contributed by atoms with Crippen molar-refractivity contribution in [1.29, 1.82) is 0 Å². The molecule has 0 saturated carbocycles. The van der Waals surface area contributed by atoms with Gasteiger partial charge in [-0.25, -0.2) is 4.79 Å². The molecule has 0 aliphatic carbocycles. The van der Waals surface area contributed by atoms with Gasteiger partial charge in [-0.15, -0.1) is 0 Å². The minimum absolute atomic E-state index is 0.0744. The van der Waals surface area contributed by atoms with Gasteiger partial charge in [-0.2, -0.15) is 0 Å². The first kappa shape index (κ1) is 14.1. The normalized spacial score (nSPS) is 20.8. The van der Waals surface area contributed by atoms with Gasteiger partial charge in [-0.3, -0.25) is 24.6 Å². The van der Waals surface area contributed by atoms with Crippen molar-refractivity contribution in [3.05, 3.63) is 0 Å². The second kappa shape index (κ2) is 4.75. The first-order valence-corrected chi connectivity index (χ1v) is 5.59. The Balaban J connectivity index is 2.89. The van der Waals surface area contributed by atoms with Crippen LogP contribution in [0.4, 0.5) is 4.79 Å². The first-order valence-electron chi connectivity index (χ1n) is 5.59. The molecule has 0 radical (unpaired) electrons. The Morgan fingerprint density at radius 1 is 1.39 bits per heavy atom. The topological polar surface area (TPSA) is 95.6 Å². The number of carbonyl (C=O) groups excluding carboxylic acids is 4. The quantitative estimate of drug-likeness (QED) is 0.663. The lowest BCUT2D eigenvalue weighted by Crippen LogP contribution is -2.60. The van der Waals surface area contributed by atoms with Gasteiger partial charge in [0.25, 0.3) is 0 Å². The third kappa shape index (κ3) is 2.49. The third-order valence-electron chi connectivity index (χ3n) is 2.90. The Morgan fingerprint density at radius 2 is 1.94 bits per heavy atom. The summed E-state index contributed by atoms with van der Waals surface area (Å²) in [5, 5.41) is 4.55. The fourth-order valence-corrected chi connectivity index (χ4v) is 1.68. The first-order chi connectivity index (χ1) is 8.20. The molecule has 100 valence electrons. The number of hydrogen-bond acceptors (Lipinski definition) is 4. The SMILES string of the molecule is CNC(=O)C(C)(C)CN1C(=O)NC(=O)C(C)C1=O. The smallest absolute Gasteiger partial charge is 0.330 e. The van der Waals surface area contributed by atoms with Crippen molar-refractivity contribution >= 4 is 23.8 Å². The lowest BCUT2D eigenvalue weighted by Gasteiger charge is -2.33.